The van der Waals surface area contributed by atoms with E-state index in [-0.39, 0.29) is 13.1 Å². The van der Waals surface area contributed by atoms with Gasteiger partial charge in [-0.25, -0.2) is 4.79 Å². The summed E-state index contributed by atoms with van der Waals surface area (Å²) in [5.41, 5.74) is 0.609. The van der Waals surface area contributed by atoms with Gasteiger partial charge in [-0.05, 0) is 29.3 Å². The lowest BCUT2D eigenvalue weighted by molar-refractivity contribution is -0.153. The SMILES string of the molecule is CCN1CCN(C(=O)NC(C=O)c2ccc3ccccc3c2)C(=O)C1=O. The van der Waals surface area contributed by atoms with Gasteiger partial charge in [-0.1, -0.05) is 36.4 Å². The van der Waals surface area contributed by atoms with Crippen LogP contribution in [0.15, 0.2) is 42.5 Å². The van der Waals surface area contributed by atoms with Gasteiger partial charge in [-0.3, -0.25) is 14.5 Å². The van der Waals surface area contributed by atoms with Crippen molar-refractivity contribution in [2.75, 3.05) is 19.6 Å². The van der Waals surface area contributed by atoms with E-state index in [1.54, 1.807) is 13.0 Å². The van der Waals surface area contributed by atoms with Crippen molar-refractivity contribution in [3.8, 4) is 0 Å². The summed E-state index contributed by atoms with van der Waals surface area (Å²) >= 11 is 0. The second kappa shape index (κ2) is 7.35. The molecule has 134 valence electrons. The Balaban J connectivity index is 1.77. The highest BCUT2D eigenvalue weighted by Gasteiger charge is 2.36. The molecule has 0 aliphatic carbocycles. The highest BCUT2D eigenvalue weighted by molar-refractivity contribution is 6.38. The fraction of sp³-hybridized carbons (Fsp3) is 0.263. The first-order valence-corrected chi connectivity index (χ1v) is 8.40. The molecule has 0 spiro atoms. The van der Waals surface area contributed by atoms with Crippen LogP contribution in [0.4, 0.5) is 4.79 Å². The van der Waals surface area contributed by atoms with E-state index in [2.05, 4.69) is 5.32 Å². The van der Waals surface area contributed by atoms with Crippen LogP contribution in [0.1, 0.15) is 18.5 Å². The highest BCUT2D eigenvalue weighted by atomic mass is 16.2. The van der Waals surface area contributed by atoms with Crippen LogP contribution < -0.4 is 5.32 Å². The minimum Gasteiger partial charge on any atom is -0.333 e. The van der Waals surface area contributed by atoms with E-state index >= 15 is 0 Å². The summed E-state index contributed by atoms with van der Waals surface area (Å²) in [5.74, 6) is -1.58. The predicted molar refractivity (Wildman–Crippen MR) is 95.3 cm³/mol. The Bertz CT molecular complexity index is 880. The first-order valence-electron chi connectivity index (χ1n) is 8.40. The molecular formula is C19H19N3O4. The van der Waals surface area contributed by atoms with E-state index in [9.17, 15) is 19.2 Å². The fourth-order valence-corrected chi connectivity index (χ4v) is 2.98. The zero-order valence-corrected chi connectivity index (χ0v) is 14.3. The van der Waals surface area contributed by atoms with Crippen LogP contribution >= 0.6 is 0 Å². The smallest absolute Gasteiger partial charge is 0.325 e. The molecule has 0 aromatic heterocycles. The third-order valence-corrected chi connectivity index (χ3v) is 4.48. The lowest BCUT2D eigenvalue weighted by Crippen LogP contribution is -2.58. The summed E-state index contributed by atoms with van der Waals surface area (Å²) in [4.78, 5) is 50.2. The number of benzene rings is 2. The number of imide groups is 1. The molecule has 7 nitrogen and oxygen atoms in total. The van der Waals surface area contributed by atoms with Crippen molar-refractivity contribution in [3.05, 3.63) is 48.0 Å². The summed E-state index contributed by atoms with van der Waals surface area (Å²) in [6.45, 7) is 2.57. The van der Waals surface area contributed by atoms with Crippen molar-refractivity contribution >= 4 is 34.9 Å². The standard InChI is InChI=1S/C19H19N3O4/c1-2-21-9-10-22(18(25)17(21)24)19(26)20-16(12-23)15-8-7-13-5-3-4-6-14(13)11-15/h3-8,11-12,16H,2,9-10H2,1H3,(H,20,26). The molecule has 2 aromatic rings. The zero-order valence-electron chi connectivity index (χ0n) is 14.3. The molecule has 26 heavy (non-hydrogen) atoms. The molecule has 0 radical (unpaired) electrons. The molecule has 1 saturated heterocycles. The van der Waals surface area contributed by atoms with Gasteiger partial charge in [-0.2, -0.15) is 0 Å². The topological polar surface area (TPSA) is 86.8 Å². The quantitative estimate of drug-likeness (QED) is 0.666. The van der Waals surface area contributed by atoms with E-state index in [0.29, 0.717) is 18.4 Å². The molecule has 1 heterocycles. The molecule has 3 rings (SSSR count). The molecule has 1 N–H and O–H groups in total. The van der Waals surface area contributed by atoms with Crippen LogP contribution in [-0.4, -0.2) is 53.6 Å². The lowest BCUT2D eigenvalue weighted by Gasteiger charge is -2.32. The van der Waals surface area contributed by atoms with Gasteiger partial charge in [0.05, 0.1) is 0 Å². The lowest BCUT2D eigenvalue weighted by atomic mass is 10.0. The molecule has 2 aromatic carbocycles. The van der Waals surface area contributed by atoms with Gasteiger partial charge in [0.2, 0.25) is 0 Å². The number of urea groups is 1. The monoisotopic (exact) mass is 353 g/mol. The normalized spacial score (nSPS) is 15.9. The minimum absolute atomic E-state index is 0.105. The molecule has 1 aliphatic heterocycles. The number of carbonyl (C=O) groups excluding carboxylic acids is 4. The Labute approximate surface area is 150 Å². The molecule has 1 unspecified atom stereocenters. The van der Waals surface area contributed by atoms with Crippen LogP contribution in [0.25, 0.3) is 10.8 Å². The van der Waals surface area contributed by atoms with Gasteiger partial charge in [0.1, 0.15) is 12.3 Å². The number of likely N-dealkylation sites (N-methyl/N-ethyl adjacent to an activating group) is 1. The Morgan fingerprint density at radius 3 is 2.54 bits per heavy atom. The molecule has 1 aliphatic rings. The molecule has 1 atom stereocenters. The maximum atomic E-state index is 12.4. The molecule has 0 bridgehead atoms. The van der Waals surface area contributed by atoms with Gasteiger partial charge < -0.3 is 15.0 Å². The number of nitrogens with one attached hydrogen (secondary N) is 1. The summed E-state index contributed by atoms with van der Waals surface area (Å²) in [5, 5.41) is 4.48. The van der Waals surface area contributed by atoms with Gasteiger partial charge in [0.25, 0.3) is 0 Å². The number of aldehydes is 1. The third-order valence-electron chi connectivity index (χ3n) is 4.48. The Morgan fingerprint density at radius 2 is 1.85 bits per heavy atom. The Hall–Kier alpha value is -3.22. The number of rotatable bonds is 4. The van der Waals surface area contributed by atoms with Crippen LogP contribution in [0.2, 0.25) is 0 Å². The van der Waals surface area contributed by atoms with Crippen LogP contribution in [0.3, 0.4) is 0 Å². The summed E-state index contributed by atoms with van der Waals surface area (Å²) in [7, 11) is 0. The Kier molecular flexibility index (Phi) is 4.97. The number of amides is 4. The number of hydrogen-bond donors (Lipinski definition) is 1. The summed E-state index contributed by atoms with van der Waals surface area (Å²) in [6, 6.07) is 11.4. The minimum atomic E-state index is -0.904. The number of hydrogen-bond acceptors (Lipinski definition) is 4. The maximum Gasteiger partial charge on any atom is 0.325 e. The molecule has 7 heteroatoms. The highest BCUT2D eigenvalue weighted by Crippen LogP contribution is 2.20. The van der Waals surface area contributed by atoms with Gasteiger partial charge in [-0.15, -0.1) is 0 Å². The molecular weight excluding hydrogens is 334 g/mol. The van der Waals surface area contributed by atoms with E-state index in [4.69, 9.17) is 0 Å². The molecule has 1 fully saturated rings. The fourth-order valence-electron chi connectivity index (χ4n) is 2.98. The average molecular weight is 353 g/mol. The molecule has 0 saturated carbocycles. The van der Waals surface area contributed by atoms with Crippen LogP contribution in [-0.2, 0) is 14.4 Å². The van der Waals surface area contributed by atoms with Gasteiger partial charge in [0, 0.05) is 19.6 Å². The first-order chi connectivity index (χ1) is 12.5. The van der Waals surface area contributed by atoms with Gasteiger partial charge in [0.15, 0.2) is 0 Å². The van der Waals surface area contributed by atoms with E-state index in [0.717, 1.165) is 15.7 Å². The number of fused-ring (bicyclic) bond motifs is 1. The zero-order chi connectivity index (χ0) is 18.7. The third kappa shape index (κ3) is 3.28. The van der Waals surface area contributed by atoms with Crippen molar-refractivity contribution in [3.63, 3.8) is 0 Å². The van der Waals surface area contributed by atoms with E-state index in [1.165, 1.54) is 4.90 Å². The van der Waals surface area contributed by atoms with E-state index in [1.807, 2.05) is 36.4 Å². The predicted octanol–water partition coefficient (Wildman–Crippen LogP) is 1.48. The van der Waals surface area contributed by atoms with E-state index < -0.39 is 23.9 Å². The van der Waals surface area contributed by atoms with Crippen LogP contribution in [0, 0.1) is 0 Å². The first kappa shape index (κ1) is 17.6. The number of carbonyl (C=O) groups is 4. The largest absolute Gasteiger partial charge is 0.333 e. The van der Waals surface area contributed by atoms with Crippen molar-refractivity contribution < 1.29 is 19.2 Å². The van der Waals surface area contributed by atoms with Crippen LogP contribution in [0.5, 0.6) is 0 Å². The number of piperazine rings is 1. The molecule has 4 amide bonds. The van der Waals surface area contributed by atoms with Gasteiger partial charge >= 0.3 is 17.8 Å². The average Bonchev–Trinajstić information content (AvgIpc) is 2.67. The maximum absolute atomic E-state index is 12.4. The van der Waals surface area contributed by atoms with Crippen molar-refractivity contribution in [2.45, 2.75) is 13.0 Å². The summed E-state index contributed by atoms with van der Waals surface area (Å²) in [6.07, 6.45) is 0.608. The second-order valence-corrected chi connectivity index (χ2v) is 6.01. The summed E-state index contributed by atoms with van der Waals surface area (Å²) < 4.78 is 0. The second-order valence-electron chi connectivity index (χ2n) is 6.01. The van der Waals surface area contributed by atoms with Crippen molar-refractivity contribution in [2.24, 2.45) is 0 Å². The van der Waals surface area contributed by atoms with Crippen molar-refractivity contribution in [1.29, 1.82) is 0 Å². The number of nitrogens with zero attached hydrogens (tertiary/aromatic N) is 2. The van der Waals surface area contributed by atoms with Crippen molar-refractivity contribution in [1.82, 2.24) is 15.1 Å². The Morgan fingerprint density at radius 1 is 1.12 bits per heavy atom.